The highest BCUT2D eigenvalue weighted by Gasteiger charge is 2.19. The summed E-state index contributed by atoms with van der Waals surface area (Å²) in [4.78, 5) is 37.6. The molecule has 0 aromatic heterocycles. The average Bonchev–Trinajstić information content (AvgIpc) is 3.09. The van der Waals surface area contributed by atoms with E-state index in [4.69, 9.17) is 14.2 Å². The molecule has 0 aliphatic carbocycles. The maximum absolute atomic E-state index is 12.6. The van der Waals surface area contributed by atoms with Crippen molar-refractivity contribution in [2.45, 2.75) is 240 Å². The monoisotopic (exact) mass is 709 g/mol. The molecule has 0 aromatic carbocycles. The number of carbonyl (C=O) groups excluding carboxylic acids is 3. The third-order valence-corrected chi connectivity index (χ3v) is 10.1. The largest absolute Gasteiger partial charge is 0.462 e. The summed E-state index contributed by atoms with van der Waals surface area (Å²) in [6.07, 6.45) is 33.8. The Balaban J connectivity index is 4.33. The van der Waals surface area contributed by atoms with Gasteiger partial charge in [0, 0.05) is 19.3 Å². The Labute approximate surface area is 310 Å². The average molecular weight is 709 g/mol. The van der Waals surface area contributed by atoms with Gasteiger partial charge < -0.3 is 14.2 Å². The summed E-state index contributed by atoms with van der Waals surface area (Å²) in [7, 11) is 0. The Kier molecular flexibility index (Phi) is 36.0. The fourth-order valence-electron chi connectivity index (χ4n) is 6.37. The van der Waals surface area contributed by atoms with Gasteiger partial charge in [-0.2, -0.15) is 0 Å². The van der Waals surface area contributed by atoms with E-state index in [0.29, 0.717) is 19.3 Å². The van der Waals surface area contributed by atoms with Crippen molar-refractivity contribution >= 4 is 17.9 Å². The molecule has 0 rings (SSSR count). The number of carbonyl (C=O) groups is 3. The Morgan fingerprint density at radius 1 is 0.420 bits per heavy atom. The van der Waals surface area contributed by atoms with Crippen LogP contribution in [0.1, 0.15) is 234 Å². The van der Waals surface area contributed by atoms with Gasteiger partial charge >= 0.3 is 17.9 Å². The van der Waals surface area contributed by atoms with Gasteiger partial charge in [-0.1, -0.05) is 195 Å². The van der Waals surface area contributed by atoms with Crippen molar-refractivity contribution in [1.29, 1.82) is 0 Å². The second kappa shape index (κ2) is 37.2. The SMILES string of the molecule is CCCCCCCCCCCC(=O)OC[C@@H](COC(=O)CCCCCCCCCCCCC(C)C)OC(=O)CCCCCCCCC(C)CC. The number of hydrogen-bond donors (Lipinski definition) is 0. The van der Waals surface area contributed by atoms with Gasteiger partial charge in [-0.05, 0) is 31.1 Å². The van der Waals surface area contributed by atoms with E-state index in [1.807, 2.05) is 0 Å². The number of esters is 3. The lowest BCUT2D eigenvalue weighted by Crippen LogP contribution is -2.30. The second-order valence-electron chi connectivity index (χ2n) is 15.7. The molecule has 1 unspecified atom stereocenters. The van der Waals surface area contributed by atoms with Gasteiger partial charge in [0.25, 0.3) is 0 Å². The van der Waals surface area contributed by atoms with Crippen molar-refractivity contribution < 1.29 is 28.6 Å². The molecular weight excluding hydrogens is 624 g/mol. The molecule has 50 heavy (non-hydrogen) atoms. The molecule has 2 atom stereocenters. The fourth-order valence-corrected chi connectivity index (χ4v) is 6.37. The van der Waals surface area contributed by atoms with Crippen molar-refractivity contribution in [3.05, 3.63) is 0 Å². The molecular formula is C44H84O6. The van der Waals surface area contributed by atoms with Gasteiger partial charge in [0.2, 0.25) is 0 Å². The highest BCUT2D eigenvalue weighted by atomic mass is 16.6. The Bertz CT molecular complexity index is 766. The number of hydrogen-bond acceptors (Lipinski definition) is 6. The molecule has 0 N–H and O–H groups in total. The molecule has 0 saturated carbocycles. The van der Waals surface area contributed by atoms with Crippen molar-refractivity contribution in [3.8, 4) is 0 Å². The Morgan fingerprint density at radius 2 is 0.760 bits per heavy atom. The zero-order valence-electron chi connectivity index (χ0n) is 34.0. The Morgan fingerprint density at radius 3 is 1.14 bits per heavy atom. The molecule has 0 heterocycles. The smallest absolute Gasteiger partial charge is 0.306 e. The van der Waals surface area contributed by atoms with Crippen LogP contribution in [-0.2, 0) is 28.6 Å². The quantitative estimate of drug-likeness (QED) is 0.0361. The normalized spacial score (nSPS) is 12.6. The second-order valence-corrected chi connectivity index (χ2v) is 15.7. The summed E-state index contributed by atoms with van der Waals surface area (Å²) < 4.78 is 16.7. The first kappa shape index (κ1) is 48.4. The molecule has 0 amide bonds. The zero-order chi connectivity index (χ0) is 36.9. The van der Waals surface area contributed by atoms with Gasteiger partial charge in [0.1, 0.15) is 13.2 Å². The van der Waals surface area contributed by atoms with Gasteiger partial charge in [-0.15, -0.1) is 0 Å². The summed E-state index contributed by atoms with van der Waals surface area (Å²) in [6.45, 7) is 11.3. The van der Waals surface area contributed by atoms with Crippen LogP contribution < -0.4 is 0 Å². The molecule has 0 aromatic rings. The van der Waals surface area contributed by atoms with Crippen LogP contribution in [0.2, 0.25) is 0 Å². The summed E-state index contributed by atoms with van der Waals surface area (Å²) in [6, 6.07) is 0. The number of rotatable bonds is 38. The van der Waals surface area contributed by atoms with Crippen LogP contribution in [0.5, 0.6) is 0 Å². The molecule has 296 valence electrons. The molecule has 0 aliphatic heterocycles. The maximum Gasteiger partial charge on any atom is 0.306 e. The minimum Gasteiger partial charge on any atom is -0.462 e. The predicted molar refractivity (Wildman–Crippen MR) is 210 cm³/mol. The van der Waals surface area contributed by atoms with Crippen LogP contribution in [0.4, 0.5) is 0 Å². The van der Waals surface area contributed by atoms with Crippen molar-refractivity contribution in [2.75, 3.05) is 13.2 Å². The first-order valence-electron chi connectivity index (χ1n) is 21.8. The summed E-state index contributed by atoms with van der Waals surface area (Å²) in [5.74, 6) is 0.762. The van der Waals surface area contributed by atoms with E-state index in [9.17, 15) is 14.4 Å². The fraction of sp³-hybridized carbons (Fsp3) is 0.932. The molecule has 0 radical (unpaired) electrons. The van der Waals surface area contributed by atoms with Crippen molar-refractivity contribution in [2.24, 2.45) is 11.8 Å². The highest BCUT2D eigenvalue weighted by Crippen LogP contribution is 2.16. The lowest BCUT2D eigenvalue weighted by atomic mass is 10.00. The lowest BCUT2D eigenvalue weighted by molar-refractivity contribution is -0.167. The van der Waals surface area contributed by atoms with Crippen molar-refractivity contribution in [3.63, 3.8) is 0 Å². The highest BCUT2D eigenvalue weighted by molar-refractivity contribution is 5.71. The van der Waals surface area contributed by atoms with E-state index in [-0.39, 0.29) is 31.1 Å². The van der Waals surface area contributed by atoms with Crippen molar-refractivity contribution in [1.82, 2.24) is 0 Å². The lowest BCUT2D eigenvalue weighted by Gasteiger charge is -2.18. The van der Waals surface area contributed by atoms with Crippen LogP contribution in [-0.4, -0.2) is 37.2 Å². The van der Waals surface area contributed by atoms with Crippen LogP contribution in [0.25, 0.3) is 0 Å². The first-order chi connectivity index (χ1) is 24.3. The molecule has 0 aliphatic rings. The third-order valence-electron chi connectivity index (χ3n) is 10.1. The standard InChI is InChI=1S/C44H84O6/c1-6-8-9-10-11-14-18-24-29-34-42(45)48-37-41(50-44(47)36-31-26-21-20-23-28-33-40(5)7-2)38-49-43(46)35-30-25-19-16-13-12-15-17-22-27-32-39(3)4/h39-41H,6-38H2,1-5H3/t40?,41-/m0/s1. The molecule has 6 nitrogen and oxygen atoms in total. The summed E-state index contributed by atoms with van der Waals surface area (Å²) >= 11 is 0. The minimum absolute atomic E-state index is 0.0662. The van der Waals surface area contributed by atoms with E-state index >= 15 is 0 Å². The molecule has 0 fully saturated rings. The summed E-state index contributed by atoms with van der Waals surface area (Å²) in [5, 5.41) is 0. The molecule has 0 spiro atoms. The molecule has 0 bridgehead atoms. The molecule has 6 heteroatoms. The van der Waals surface area contributed by atoms with E-state index in [1.54, 1.807) is 0 Å². The Hall–Kier alpha value is -1.59. The summed E-state index contributed by atoms with van der Waals surface area (Å²) in [5.41, 5.74) is 0. The predicted octanol–water partition coefficient (Wildman–Crippen LogP) is 13.4. The van der Waals surface area contributed by atoms with E-state index in [0.717, 1.165) is 69.6 Å². The van der Waals surface area contributed by atoms with Crippen LogP contribution in [0.3, 0.4) is 0 Å². The van der Waals surface area contributed by atoms with E-state index < -0.39 is 6.10 Å². The van der Waals surface area contributed by atoms with Crippen LogP contribution >= 0.6 is 0 Å². The van der Waals surface area contributed by atoms with Gasteiger partial charge in [0.15, 0.2) is 6.10 Å². The number of unbranched alkanes of at least 4 members (excludes halogenated alkanes) is 22. The maximum atomic E-state index is 12.6. The third kappa shape index (κ3) is 36.2. The topological polar surface area (TPSA) is 78.9 Å². The zero-order valence-corrected chi connectivity index (χ0v) is 34.0. The van der Waals surface area contributed by atoms with Gasteiger partial charge in [-0.3, -0.25) is 14.4 Å². The van der Waals surface area contributed by atoms with Gasteiger partial charge in [-0.25, -0.2) is 0 Å². The number of ether oxygens (including phenoxy) is 3. The minimum atomic E-state index is -0.760. The first-order valence-corrected chi connectivity index (χ1v) is 21.8. The van der Waals surface area contributed by atoms with E-state index in [1.165, 1.54) is 122 Å². The van der Waals surface area contributed by atoms with E-state index in [2.05, 4.69) is 34.6 Å². The van der Waals surface area contributed by atoms with Crippen LogP contribution in [0.15, 0.2) is 0 Å². The molecule has 0 saturated heterocycles. The van der Waals surface area contributed by atoms with Gasteiger partial charge in [0.05, 0.1) is 0 Å². The van der Waals surface area contributed by atoms with Crippen LogP contribution in [0, 0.1) is 11.8 Å².